The second-order valence-corrected chi connectivity index (χ2v) is 5.73. The van der Waals surface area contributed by atoms with Crippen LogP contribution in [0.4, 0.5) is 0 Å². The topological polar surface area (TPSA) is 34.9 Å². The summed E-state index contributed by atoms with van der Waals surface area (Å²) in [6.07, 6.45) is 1.96. The summed E-state index contributed by atoms with van der Waals surface area (Å²) in [5.74, 6) is 0. The molecule has 2 heterocycles. The van der Waals surface area contributed by atoms with Gasteiger partial charge in [-0.1, -0.05) is 20.8 Å². The number of rotatable bonds is 1. The minimum Gasteiger partial charge on any atom is -0.332 e. The molecule has 0 bridgehead atoms. The van der Waals surface area contributed by atoms with E-state index in [1.165, 1.54) is 0 Å². The van der Waals surface area contributed by atoms with Gasteiger partial charge in [0.15, 0.2) is 5.43 Å². The number of aromatic nitrogens is 2. The normalized spacial score (nSPS) is 12.1. The number of nitrogens with zero attached hydrogens (tertiary/aromatic N) is 2. The van der Waals surface area contributed by atoms with Crippen molar-refractivity contribution < 1.29 is 0 Å². The highest BCUT2D eigenvalue weighted by Crippen LogP contribution is 2.21. The van der Waals surface area contributed by atoms with Gasteiger partial charge in [-0.3, -0.25) is 4.79 Å². The minimum absolute atomic E-state index is 0.106. The van der Waals surface area contributed by atoms with Crippen molar-refractivity contribution in [2.24, 2.45) is 0 Å². The Morgan fingerprint density at radius 3 is 2.50 bits per heavy atom. The van der Waals surface area contributed by atoms with Crippen molar-refractivity contribution in [3.63, 3.8) is 0 Å². The second kappa shape index (κ2) is 4.23. The first kappa shape index (κ1) is 12.8. The molecule has 0 fully saturated rings. The molecule has 0 N–H and O–H groups in total. The summed E-state index contributed by atoms with van der Waals surface area (Å²) in [6.45, 7) is 11.0. The molecular formula is C15H20N2O. The third-order valence-corrected chi connectivity index (χ3v) is 3.21. The van der Waals surface area contributed by atoms with Gasteiger partial charge in [0.2, 0.25) is 0 Å². The summed E-state index contributed by atoms with van der Waals surface area (Å²) in [6, 6.07) is 3.79. The lowest BCUT2D eigenvalue weighted by molar-refractivity contribution is 0.575. The fourth-order valence-electron chi connectivity index (χ4n) is 2.14. The first-order valence-electron chi connectivity index (χ1n) is 6.36. The van der Waals surface area contributed by atoms with E-state index in [1.807, 2.05) is 25.3 Å². The van der Waals surface area contributed by atoms with E-state index in [4.69, 9.17) is 0 Å². The van der Waals surface area contributed by atoms with Crippen molar-refractivity contribution in [3.05, 3.63) is 39.8 Å². The van der Waals surface area contributed by atoms with E-state index in [2.05, 4.69) is 37.2 Å². The van der Waals surface area contributed by atoms with Gasteiger partial charge in [-0.15, -0.1) is 0 Å². The molecule has 0 amide bonds. The Morgan fingerprint density at radius 2 is 1.94 bits per heavy atom. The molecule has 0 atom stereocenters. The number of aryl methyl sites for hydroxylation is 2. The molecule has 2 rings (SSSR count). The predicted molar refractivity (Wildman–Crippen MR) is 75.1 cm³/mol. The van der Waals surface area contributed by atoms with Crippen molar-refractivity contribution in [3.8, 4) is 0 Å². The van der Waals surface area contributed by atoms with Crippen molar-refractivity contribution in [2.75, 3.05) is 0 Å². The smallest absolute Gasteiger partial charge is 0.194 e. The lowest BCUT2D eigenvalue weighted by Gasteiger charge is -2.20. The molecule has 0 spiro atoms. The number of pyridine rings is 2. The predicted octanol–water partition coefficient (Wildman–Crippen LogP) is 3.02. The molecule has 0 aliphatic rings. The quantitative estimate of drug-likeness (QED) is 0.773. The third kappa shape index (κ3) is 2.05. The fraction of sp³-hybridized carbons (Fsp3) is 0.467. The van der Waals surface area contributed by atoms with E-state index >= 15 is 0 Å². The first-order valence-corrected chi connectivity index (χ1v) is 6.36. The van der Waals surface area contributed by atoms with Crippen LogP contribution >= 0.6 is 0 Å². The Labute approximate surface area is 107 Å². The largest absolute Gasteiger partial charge is 0.332 e. The molecule has 0 aliphatic carbocycles. The van der Waals surface area contributed by atoms with Crippen LogP contribution in [-0.2, 0) is 12.0 Å². The van der Waals surface area contributed by atoms with E-state index in [9.17, 15) is 4.79 Å². The Balaban J connectivity index is 2.92. The molecule has 0 saturated carbocycles. The van der Waals surface area contributed by atoms with Crippen LogP contribution in [0.25, 0.3) is 11.0 Å². The zero-order chi connectivity index (χ0) is 13.5. The summed E-state index contributed by atoms with van der Waals surface area (Å²) < 4.78 is 2.06. The Hall–Kier alpha value is -1.64. The molecule has 0 aliphatic heterocycles. The summed E-state index contributed by atoms with van der Waals surface area (Å²) in [4.78, 5) is 17.0. The van der Waals surface area contributed by atoms with E-state index in [1.54, 1.807) is 0 Å². The Kier molecular flexibility index (Phi) is 3.01. The molecule has 3 nitrogen and oxygen atoms in total. The monoisotopic (exact) mass is 244 g/mol. The van der Waals surface area contributed by atoms with Gasteiger partial charge in [-0.25, -0.2) is 4.98 Å². The lowest BCUT2D eigenvalue weighted by Crippen LogP contribution is -2.25. The second-order valence-electron chi connectivity index (χ2n) is 5.73. The van der Waals surface area contributed by atoms with E-state index in [0.717, 1.165) is 28.8 Å². The van der Waals surface area contributed by atoms with Gasteiger partial charge in [0.05, 0.1) is 5.39 Å². The van der Waals surface area contributed by atoms with E-state index < -0.39 is 0 Å². The maximum absolute atomic E-state index is 12.5. The molecule has 0 aromatic carbocycles. The van der Waals surface area contributed by atoms with Crippen LogP contribution in [0.1, 0.15) is 39.0 Å². The standard InChI is InChI=1S/C15H20N2O/c1-6-17-9-12(15(3,4)5)13(18)11-8-7-10(2)16-14(11)17/h7-9H,6H2,1-5H3. The average molecular weight is 244 g/mol. The molecular weight excluding hydrogens is 224 g/mol. The van der Waals surface area contributed by atoms with Crippen LogP contribution in [0.5, 0.6) is 0 Å². The van der Waals surface area contributed by atoms with Crippen molar-refractivity contribution >= 4 is 11.0 Å². The summed E-state index contributed by atoms with van der Waals surface area (Å²) in [5, 5.41) is 0.717. The summed E-state index contributed by atoms with van der Waals surface area (Å²) in [7, 11) is 0. The van der Waals surface area contributed by atoms with Crippen LogP contribution in [0.15, 0.2) is 23.1 Å². The van der Waals surface area contributed by atoms with Gasteiger partial charge in [0.25, 0.3) is 0 Å². The maximum atomic E-state index is 12.5. The molecule has 18 heavy (non-hydrogen) atoms. The highest BCUT2D eigenvalue weighted by Gasteiger charge is 2.20. The molecule has 2 aromatic rings. The minimum atomic E-state index is -0.146. The van der Waals surface area contributed by atoms with Gasteiger partial charge in [0, 0.05) is 24.0 Å². The molecule has 96 valence electrons. The van der Waals surface area contributed by atoms with Gasteiger partial charge in [-0.2, -0.15) is 0 Å². The number of hydrogen-bond donors (Lipinski definition) is 0. The molecule has 0 unspecified atom stereocenters. The lowest BCUT2D eigenvalue weighted by atomic mass is 9.87. The first-order chi connectivity index (χ1) is 8.34. The van der Waals surface area contributed by atoms with Gasteiger partial charge in [-0.05, 0) is 31.4 Å². The average Bonchev–Trinajstić information content (AvgIpc) is 2.27. The fourth-order valence-corrected chi connectivity index (χ4v) is 2.14. The van der Waals surface area contributed by atoms with E-state index in [0.29, 0.717) is 0 Å². The number of fused-ring (bicyclic) bond motifs is 1. The maximum Gasteiger partial charge on any atom is 0.194 e. The highest BCUT2D eigenvalue weighted by atomic mass is 16.1. The van der Waals surface area contributed by atoms with Crippen molar-refractivity contribution in [1.82, 2.24) is 9.55 Å². The molecule has 0 radical (unpaired) electrons. The molecule has 0 saturated heterocycles. The van der Waals surface area contributed by atoms with Crippen LogP contribution in [0.3, 0.4) is 0 Å². The molecule has 3 heteroatoms. The van der Waals surface area contributed by atoms with Crippen molar-refractivity contribution in [1.29, 1.82) is 0 Å². The van der Waals surface area contributed by atoms with Crippen molar-refractivity contribution in [2.45, 2.75) is 46.6 Å². The zero-order valence-corrected chi connectivity index (χ0v) is 11.7. The van der Waals surface area contributed by atoms with Crippen LogP contribution in [0, 0.1) is 6.92 Å². The van der Waals surface area contributed by atoms with Gasteiger partial charge < -0.3 is 4.57 Å². The molecule has 2 aromatic heterocycles. The van der Waals surface area contributed by atoms with Gasteiger partial charge in [0.1, 0.15) is 5.65 Å². The van der Waals surface area contributed by atoms with Crippen LogP contribution < -0.4 is 5.43 Å². The Bertz CT molecular complexity index is 648. The third-order valence-electron chi connectivity index (χ3n) is 3.21. The van der Waals surface area contributed by atoms with Crippen LogP contribution in [-0.4, -0.2) is 9.55 Å². The van der Waals surface area contributed by atoms with E-state index in [-0.39, 0.29) is 10.8 Å². The van der Waals surface area contributed by atoms with Gasteiger partial charge >= 0.3 is 0 Å². The SMILES string of the molecule is CCn1cc(C(C)(C)C)c(=O)c2ccc(C)nc21. The summed E-state index contributed by atoms with van der Waals surface area (Å²) in [5.41, 5.74) is 2.54. The summed E-state index contributed by atoms with van der Waals surface area (Å²) >= 11 is 0. The number of hydrogen-bond acceptors (Lipinski definition) is 2. The highest BCUT2D eigenvalue weighted by molar-refractivity contribution is 5.76. The Morgan fingerprint density at radius 1 is 1.28 bits per heavy atom. The van der Waals surface area contributed by atoms with Crippen LogP contribution in [0.2, 0.25) is 0 Å². The zero-order valence-electron chi connectivity index (χ0n) is 11.7.